The second-order valence-corrected chi connectivity index (χ2v) is 7.35. The van der Waals surface area contributed by atoms with Crippen molar-refractivity contribution in [3.05, 3.63) is 90.0 Å². The molecule has 4 rings (SSSR count). The van der Waals surface area contributed by atoms with Crippen LogP contribution in [0.15, 0.2) is 83.8 Å². The highest BCUT2D eigenvalue weighted by molar-refractivity contribution is 7.99. The Kier molecular flexibility index (Phi) is 4.53. The molecule has 3 nitrogen and oxygen atoms in total. The average Bonchev–Trinajstić information content (AvgIpc) is 3.08. The van der Waals surface area contributed by atoms with E-state index < -0.39 is 0 Å². The lowest BCUT2D eigenvalue weighted by atomic mass is 10.1. The molecule has 0 N–H and O–H groups in total. The van der Waals surface area contributed by atoms with Crippen LogP contribution in [-0.2, 0) is 6.42 Å². The molecular formula is C21H19N3S. The summed E-state index contributed by atoms with van der Waals surface area (Å²) in [6.45, 7) is 2.12. The Morgan fingerprint density at radius 3 is 2.40 bits per heavy atom. The summed E-state index contributed by atoms with van der Waals surface area (Å²) in [6, 6.07) is 27.4. The van der Waals surface area contributed by atoms with Crippen molar-refractivity contribution in [3.8, 4) is 0 Å². The molecule has 0 aliphatic carbocycles. The number of rotatable bonds is 5. The average molecular weight is 345 g/mol. The third-order valence-corrected chi connectivity index (χ3v) is 5.38. The SMILES string of the molecule is Cc1ccc(CC(Sc2ccccc2)n2nnc3ccccc32)cc1. The summed E-state index contributed by atoms with van der Waals surface area (Å²) in [6.07, 6.45) is 0.896. The van der Waals surface area contributed by atoms with Gasteiger partial charge in [0.15, 0.2) is 0 Å². The maximum Gasteiger partial charge on any atom is 0.113 e. The Bertz CT molecular complexity index is 961. The molecule has 1 heterocycles. The maximum absolute atomic E-state index is 4.45. The second kappa shape index (κ2) is 7.11. The fourth-order valence-electron chi connectivity index (χ4n) is 2.86. The summed E-state index contributed by atoms with van der Waals surface area (Å²) in [5, 5.41) is 8.94. The van der Waals surface area contributed by atoms with Gasteiger partial charge in [0.1, 0.15) is 10.9 Å². The van der Waals surface area contributed by atoms with E-state index in [1.54, 1.807) is 0 Å². The van der Waals surface area contributed by atoms with Crippen LogP contribution in [0.25, 0.3) is 11.0 Å². The molecule has 1 unspecified atom stereocenters. The third-order valence-electron chi connectivity index (χ3n) is 4.20. The minimum atomic E-state index is 0.150. The van der Waals surface area contributed by atoms with E-state index in [0.29, 0.717) is 0 Å². The van der Waals surface area contributed by atoms with Crippen LogP contribution in [0.2, 0.25) is 0 Å². The summed E-state index contributed by atoms with van der Waals surface area (Å²) >= 11 is 1.82. The topological polar surface area (TPSA) is 30.7 Å². The first kappa shape index (κ1) is 15.9. The van der Waals surface area contributed by atoms with Crippen molar-refractivity contribution in [2.75, 3.05) is 0 Å². The zero-order valence-corrected chi connectivity index (χ0v) is 14.9. The quantitative estimate of drug-likeness (QED) is 0.461. The van der Waals surface area contributed by atoms with Gasteiger partial charge in [0, 0.05) is 11.3 Å². The van der Waals surface area contributed by atoms with Crippen LogP contribution in [0, 0.1) is 6.92 Å². The maximum atomic E-state index is 4.45. The standard InChI is InChI=1S/C21H19N3S/c1-16-11-13-17(14-12-16)15-21(25-18-7-3-2-4-8-18)24-20-10-6-5-9-19(20)22-23-24/h2-14,21H,15H2,1H3. The molecule has 0 aliphatic rings. The Hall–Kier alpha value is -2.59. The Labute approximate surface area is 151 Å². The zero-order valence-electron chi connectivity index (χ0n) is 14.0. The van der Waals surface area contributed by atoms with Crippen LogP contribution in [-0.4, -0.2) is 15.0 Å². The van der Waals surface area contributed by atoms with Crippen molar-refractivity contribution in [1.29, 1.82) is 0 Å². The molecule has 0 aliphatic heterocycles. The molecule has 0 saturated heterocycles. The monoisotopic (exact) mass is 345 g/mol. The van der Waals surface area contributed by atoms with E-state index >= 15 is 0 Å². The highest BCUT2D eigenvalue weighted by atomic mass is 32.2. The van der Waals surface area contributed by atoms with Gasteiger partial charge in [-0.05, 0) is 36.8 Å². The molecule has 4 heteroatoms. The van der Waals surface area contributed by atoms with Crippen LogP contribution < -0.4 is 0 Å². The van der Waals surface area contributed by atoms with Gasteiger partial charge in [0.25, 0.3) is 0 Å². The molecule has 4 aromatic rings. The minimum Gasteiger partial charge on any atom is -0.231 e. The molecule has 124 valence electrons. The van der Waals surface area contributed by atoms with Crippen molar-refractivity contribution < 1.29 is 0 Å². The predicted molar refractivity (Wildman–Crippen MR) is 104 cm³/mol. The van der Waals surface area contributed by atoms with Crippen molar-refractivity contribution >= 4 is 22.8 Å². The van der Waals surface area contributed by atoms with E-state index in [0.717, 1.165) is 17.5 Å². The lowest BCUT2D eigenvalue weighted by Gasteiger charge is -2.18. The van der Waals surface area contributed by atoms with E-state index in [2.05, 4.69) is 71.8 Å². The molecular weight excluding hydrogens is 326 g/mol. The number of nitrogens with zero attached hydrogens (tertiary/aromatic N) is 3. The molecule has 0 amide bonds. The summed E-state index contributed by atoms with van der Waals surface area (Å²) in [4.78, 5) is 1.24. The number of hydrogen-bond donors (Lipinski definition) is 0. The summed E-state index contributed by atoms with van der Waals surface area (Å²) in [5.74, 6) is 0. The summed E-state index contributed by atoms with van der Waals surface area (Å²) in [7, 11) is 0. The second-order valence-electron chi connectivity index (χ2n) is 6.10. The van der Waals surface area contributed by atoms with Crippen LogP contribution >= 0.6 is 11.8 Å². The molecule has 1 aromatic heterocycles. The first-order chi connectivity index (χ1) is 12.3. The van der Waals surface area contributed by atoms with Gasteiger partial charge in [0.2, 0.25) is 0 Å². The summed E-state index contributed by atoms with van der Waals surface area (Å²) in [5.41, 5.74) is 4.59. The molecule has 1 atom stereocenters. The van der Waals surface area contributed by atoms with Gasteiger partial charge >= 0.3 is 0 Å². The highest BCUT2D eigenvalue weighted by Crippen LogP contribution is 2.35. The van der Waals surface area contributed by atoms with Crippen LogP contribution in [0.5, 0.6) is 0 Å². The Balaban J connectivity index is 1.71. The lowest BCUT2D eigenvalue weighted by Crippen LogP contribution is -2.10. The number of thioether (sulfide) groups is 1. The molecule has 25 heavy (non-hydrogen) atoms. The van der Waals surface area contributed by atoms with Gasteiger partial charge in [-0.3, -0.25) is 0 Å². The van der Waals surface area contributed by atoms with Gasteiger partial charge in [-0.25, -0.2) is 4.68 Å². The van der Waals surface area contributed by atoms with Gasteiger partial charge in [0.05, 0.1) is 5.52 Å². The van der Waals surface area contributed by atoms with E-state index in [1.807, 2.05) is 40.7 Å². The largest absolute Gasteiger partial charge is 0.231 e. The first-order valence-corrected chi connectivity index (χ1v) is 9.25. The van der Waals surface area contributed by atoms with Crippen molar-refractivity contribution in [2.45, 2.75) is 23.6 Å². The van der Waals surface area contributed by atoms with E-state index in [-0.39, 0.29) is 5.37 Å². The Morgan fingerprint density at radius 2 is 1.60 bits per heavy atom. The van der Waals surface area contributed by atoms with E-state index in [1.165, 1.54) is 16.0 Å². The predicted octanol–water partition coefficient (Wildman–Crippen LogP) is 5.27. The van der Waals surface area contributed by atoms with Crippen molar-refractivity contribution in [3.63, 3.8) is 0 Å². The molecule has 0 spiro atoms. The first-order valence-electron chi connectivity index (χ1n) is 8.37. The molecule has 0 saturated carbocycles. The fourth-order valence-corrected chi connectivity index (χ4v) is 4.02. The number of hydrogen-bond acceptors (Lipinski definition) is 3. The molecule has 3 aromatic carbocycles. The summed E-state index contributed by atoms with van der Waals surface area (Å²) < 4.78 is 2.05. The fraction of sp³-hybridized carbons (Fsp3) is 0.143. The van der Waals surface area contributed by atoms with Crippen molar-refractivity contribution in [2.24, 2.45) is 0 Å². The molecule has 0 bridgehead atoms. The van der Waals surface area contributed by atoms with Gasteiger partial charge in [-0.2, -0.15) is 0 Å². The van der Waals surface area contributed by atoms with E-state index in [9.17, 15) is 0 Å². The van der Waals surface area contributed by atoms with Crippen LogP contribution in [0.4, 0.5) is 0 Å². The third kappa shape index (κ3) is 3.59. The number of para-hydroxylation sites is 1. The van der Waals surface area contributed by atoms with Crippen LogP contribution in [0.1, 0.15) is 16.5 Å². The van der Waals surface area contributed by atoms with Crippen LogP contribution in [0.3, 0.4) is 0 Å². The van der Waals surface area contributed by atoms with Gasteiger partial charge in [-0.1, -0.05) is 77.1 Å². The van der Waals surface area contributed by atoms with Gasteiger partial charge < -0.3 is 0 Å². The lowest BCUT2D eigenvalue weighted by molar-refractivity contribution is 0.590. The normalized spacial score (nSPS) is 12.4. The number of fused-ring (bicyclic) bond motifs is 1. The molecule has 0 radical (unpaired) electrons. The zero-order chi connectivity index (χ0) is 17.1. The Morgan fingerprint density at radius 1 is 0.880 bits per heavy atom. The minimum absolute atomic E-state index is 0.150. The highest BCUT2D eigenvalue weighted by Gasteiger charge is 2.18. The number of benzene rings is 3. The number of aryl methyl sites for hydroxylation is 1. The number of aromatic nitrogens is 3. The molecule has 0 fully saturated rings. The smallest absolute Gasteiger partial charge is 0.113 e. The van der Waals surface area contributed by atoms with E-state index in [4.69, 9.17) is 0 Å². The van der Waals surface area contributed by atoms with Gasteiger partial charge in [-0.15, -0.1) is 5.10 Å². The van der Waals surface area contributed by atoms with Crippen molar-refractivity contribution in [1.82, 2.24) is 15.0 Å².